The number of rotatable bonds is 6. The Kier molecular flexibility index (Phi) is 6.28. The Balaban J connectivity index is 1.60. The summed E-state index contributed by atoms with van der Waals surface area (Å²) < 4.78 is 0. The first-order valence-corrected chi connectivity index (χ1v) is 11.2. The Labute approximate surface area is 189 Å². The monoisotopic (exact) mass is 436 g/mol. The number of fused-ring (bicyclic) bond motifs is 1. The Morgan fingerprint density at radius 3 is 2.68 bits per heavy atom. The number of aromatic nitrogens is 3. The van der Waals surface area contributed by atoms with Crippen molar-refractivity contribution in [1.29, 1.82) is 0 Å². The van der Waals surface area contributed by atoms with Gasteiger partial charge in [0.1, 0.15) is 18.0 Å². The van der Waals surface area contributed by atoms with Crippen LogP contribution in [0.1, 0.15) is 37.6 Å². The van der Waals surface area contributed by atoms with Gasteiger partial charge in [-0.1, -0.05) is 11.6 Å². The highest BCUT2D eigenvalue weighted by Crippen LogP contribution is 2.34. The number of anilines is 4. The third-order valence-corrected chi connectivity index (χ3v) is 6.26. The van der Waals surface area contributed by atoms with Crippen molar-refractivity contribution in [3.63, 3.8) is 0 Å². The molecule has 1 aromatic carbocycles. The number of nitrogens with zero attached hydrogens (tertiary/aromatic N) is 5. The van der Waals surface area contributed by atoms with Crippen LogP contribution in [0.4, 0.5) is 23.0 Å². The van der Waals surface area contributed by atoms with Gasteiger partial charge in [-0.2, -0.15) is 0 Å². The van der Waals surface area contributed by atoms with E-state index in [9.17, 15) is 0 Å². The molecule has 31 heavy (non-hydrogen) atoms. The molecule has 0 spiro atoms. The van der Waals surface area contributed by atoms with E-state index in [2.05, 4.69) is 76.0 Å². The number of aryl methyl sites for hydroxylation is 1. The summed E-state index contributed by atoms with van der Waals surface area (Å²) in [4.78, 5) is 18.2. The second-order valence-corrected chi connectivity index (χ2v) is 8.34. The van der Waals surface area contributed by atoms with E-state index in [1.165, 1.54) is 11.3 Å². The SMILES string of the molecule is CCN(CC)c1ccc(Nc2ncnc3c2CC(C)N(c2ncccc2Cl)C3)cc1C. The minimum absolute atomic E-state index is 0.234. The summed E-state index contributed by atoms with van der Waals surface area (Å²) in [6.45, 7) is 11.4. The summed E-state index contributed by atoms with van der Waals surface area (Å²) in [7, 11) is 0. The normalized spacial score (nSPS) is 15.5. The molecular formula is C24H29ClN6. The second-order valence-electron chi connectivity index (χ2n) is 7.94. The van der Waals surface area contributed by atoms with Gasteiger partial charge in [-0.05, 0) is 70.0 Å². The summed E-state index contributed by atoms with van der Waals surface area (Å²) in [5.74, 6) is 1.68. The first-order valence-electron chi connectivity index (χ1n) is 10.8. The van der Waals surface area contributed by atoms with E-state index in [4.69, 9.17) is 11.6 Å². The van der Waals surface area contributed by atoms with Gasteiger partial charge in [-0.25, -0.2) is 15.0 Å². The van der Waals surface area contributed by atoms with E-state index in [0.717, 1.165) is 48.1 Å². The van der Waals surface area contributed by atoms with E-state index in [1.54, 1.807) is 12.5 Å². The minimum Gasteiger partial charge on any atom is -0.372 e. The van der Waals surface area contributed by atoms with E-state index >= 15 is 0 Å². The number of halogens is 1. The third kappa shape index (κ3) is 4.30. The molecule has 1 atom stereocenters. The lowest BCUT2D eigenvalue weighted by Gasteiger charge is -2.36. The fourth-order valence-corrected chi connectivity index (χ4v) is 4.52. The van der Waals surface area contributed by atoms with Crippen LogP contribution >= 0.6 is 11.6 Å². The lowest BCUT2D eigenvalue weighted by molar-refractivity contribution is 0.575. The average molecular weight is 437 g/mol. The van der Waals surface area contributed by atoms with E-state index < -0.39 is 0 Å². The molecule has 0 radical (unpaired) electrons. The predicted octanol–water partition coefficient (Wildman–Crippen LogP) is 5.37. The van der Waals surface area contributed by atoms with Crippen LogP contribution in [0, 0.1) is 6.92 Å². The predicted molar refractivity (Wildman–Crippen MR) is 129 cm³/mol. The molecule has 0 amide bonds. The van der Waals surface area contributed by atoms with Gasteiger partial charge in [-0.15, -0.1) is 0 Å². The van der Waals surface area contributed by atoms with Crippen molar-refractivity contribution < 1.29 is 0 Å². The van der Waals surface area contributed by atoms with Crippen LogP contribution in [0.3, 0.4) is 0 Å². The molecule has 0 aliphatic carbocycles. The highest BCUT2D eigenvalue weighted by Gasteiger charge is 2.28. The fourth-order valence-electron chi connectivity index (χ4n) is 4.29. The molecule has 3 heterocycles. The van der Waals surface area contributed by atoms with Gasteiger partial charge in [0.2, 0.25) is 0 Å². The Hall–Kier alpha value is -2.86. The first-order chi connectivity index (χ1) is 15.0. The van der Waals surface area contributed by atoms with Crippen LogP contribution in [-0.2, 0) is 13.0 Å². The zero-order valence-electron chi connectivity index (χ0n) is 18.6. The van der Waals surface area contributed by atoms with Gasteiger partial charge in [0.05, 0.1) is 17.3 Å². The molecule has 1 aliphatic heterocycles. The van der Waals surface area contributed by atoms with Crippen molar-refractivity contribution in [1.82, 2.24) is 15.0 Å². The molecule has 1 N–H and O–H groups in total. The van der Waals surface area contributed by atoms with Gasteiger partial charge in [0.25, 0.3) is 0 Å². The summed E-state index contributed by atoms with van der Waals surface area (Å²) in [6.07, 6.45) is 4.23. The molecule has 1 aliphatic rings. The zero-order chi connectivity index (χ0) is 22.0. The number of pyridine rings is 1. The topological polar surface area (TPSA) is 57.2 Å². The zero-order valence-corrected chi connectivity index (χ0v) is 19.3. The smallest absolute Gasteiger partial charge is 0.147 e. The van der Waals surface area contributed by atoms with E-state index in [0.29, 0.717) is 11.6 Å². The van der Waals surface area contributed by atoms with Gasteiger partial charge in [0, 0.05) is 42.3 Å². The van der Waals surface area contributed by atoms with Crippen LogP contribution in [0.15, 0.2) is 42.9 Å². The maximum absolute atomic E-state index is 6.41. The van der Waals surface area contributed by atoms with Crippen molar-refractivity contribution in [2.45, 2.75) is 46.7 Å². The maximum atomic E-state index is 6.41. The van der Waals surface area contributed by atoms with Crippen LogP contribution in [0.5, 0.6) is 0 Å². The fraction of sp³-hybridized carbons (Fsp3) is 0.375. The summed E-state index contributed by atoms with van der Waals surface area (Å²) >= 11 is 6.41. The lowest BCUT2D eigenvalue weighted by atomic mass is 9.98. The molecule has 0 saturated heterocycles. The molecule has 0 fully saturated rings. The number of hydrogen-bond acceptors (Lipinski definition) is 6. The van der Waals surface area contributed by atoms with Gasteiger partial charge in [-0.3, -0.25) is 0 Å². The lowest BCUT2D eigenvalue weighted by Crippen LogP contribution is -2.40. The van der Waals surface area contributed by atoms with Gasteiger partial charge < -0.3 is 15.1 Å². The number of nitrogens with one attached hydrogen (secondary N) is 1. The highest BCUT2D eigenvalue weighted by molar-refractivity contribution is 6.32. The summed E-state index contributed by atoms with van der Waals surface area (Å²) in [5, 5.41) is 4.19. The van der Waals surface area contributed by atoms with Crippen molar-refractivity contribution in [2.75, 3.05) is 28.2 Å². The highest BCUT2D eigenvalue weighted by atomic mass is 35.5. The molecule has 1 unspecified atom stereocenters. The second kappa shape index (κ2) is 9.10. The average Bonchev–Trinajstić information content (AvgIpc) is 2.76. The quantitative estimate of drug-likeness (QED) is 0.560. The van der Waals surface area contributed by atoms with Crippen molar-refractivity contribution in [2.24, 2.45) is 0 Å². The standard InChI is InChI=1S/C24H29ClN6/c1-5-30(6-2)22-10-9-18(12-16(22)3)29-23-19-13-17(4)31(14-21(19)27-15-28-23)24-20(25)8-7-11-26-24/h7-12,15,17H,5-6,13-14H2,1-4H3,(H,27,28,29). The largest absolute Gasteiger partial charge is 0.372 e. The van der Waals surface area contributed by atoms with Crippen molar-refractivity contribution >= 4 is 34.6 Å². The molecule has 2 aromatic heterocycles. The van der Waals surface area contributed by atoms with Crippen molar-refractivity contribution in [3.8, 4) is 0 Å². The molecule has 4 rings (SSSR count). The maximum Gasteiger partial charge on any atom is 0.147 e. The molecule has 3 aromatic rings. The molecule has 7 heteroatoms. The van der Waals surface area contributed by atoms with E-state index in [-0.39, 0.29) is 6.04 Å². The Morgan fingerprint density at radius 1 is 1.16 bits per heavy atom. The van der Waals surface area contributed by atoms with Crippen LogP contribution in [-0.4, -0.2) is 34.1 Å². The van der Waals surface area contributed by atoms with Crippen LogP contribution in [0.2, 0.25) is 5.02 Å². The number of hydrogen-bond donors (Lipinski definition) is 1. The molecule has 162 valence electrons. The molecule has 0 saturated carbocycles. The number of benzene rings is 1. The Bertz CT molecular complexity index is 1070. The van der Waals surface area contributed by atoms with Crippen molar-refractivity contribution in [3.05, 3.63) is 64.7 Å². The van der Waals surface area contributed by atoms with Crippen LogP contribution in [0.25, 0.3) is 0 Å². The minimum atomic E-state index is 0.234. The summed E-state index contributed by atoms with van der Waals surface area (Å²) in [5.41, 5.74) is 5.73. The third-order valence-electron chi connectivity index (χ3n) is 5.96. The summed E-state index contributed by atoms with van der Waals surface area (Å²) in [6, 6.07) is 10.5. The van der Waals surface area contributed by atoms with Gasteiger partial charge in [0.15, 0.2) is 0 Å². The molecular weight excluding hydrogens is 408 g/mol. The van der Waals surface area contributed by atoms with Gasteiger partial charge >= 0.3 is 0 Å². The van der Waals surface area contributed by atoms with E-state index in [1.807, 2.05) is 12.1 Å². The van der Waals surface area contributed by atoms with Crippen LogP contribution < -0.4 is 15.1 Å². The Morgan fingerprint density at radius 2 is 1.97 bits per heavy atom. The first kappa shape index (κ1) is 21.4. The molecule has 0 bridgehead atoms. The molecule has 6 nitrogen and oxygen atoms in total.